The molecule has 17 heavy (non-hydrogen) atoms. The molecule has 0 amide bonds. The quantitative estimate of drug-likeness (QED) is 0.824. The fourth-order valence-corrected chi connectivity index (χ4v) is 3.73. The van der Waals surface area contributed by atoms with E-state index in [2.05, 4.69) is 31.1 Å². The van der Waals surface area contributed by atoms with E-state index in [4.69, 9.17) is 4.74 Å². The number of aliphatic imine (C=N–C) groups is 1. The highest BCUT2D eigenvalue weighted by Crippen LogP contribution is 2.31. The SMILES string of the molecule is CC(C)(C)CC1CN=C(NC2CCOCC2)S1. The summed E-state index contributed by atoms with van der Waals surface area (Å²) in [5, 5.41) is 5.39. The molecule has 0 aromatic heterocycles. The van der Waals surface area contributed by atoms with E-state index in [1.54, 1.807) is 0 Å². The lowest BCUT2D eigenvalue weighted by molar-refractivity contribution is 0.0826. The molecule has 0 saturated carbocycles. The van der Waals surface area contributed by atoms with E-state index in [-0.39, 0.29) is 0 Å². The Bertz CT molecular complexity index is 280. The monoisotopic (exact) mass is 256 g/mol. The van der Waals surface area contributed by atoms with E-state index < -0.39 is 0 Å². The van der Waals surface area contributed by atoms with Gasteiger partial charge in [0.15, 0.2) is 5.17 Å². The van der Waals surface area contributed by atoms with Crippen molar-refractivity contribution < 1.29 is 4.74 Å². The van der Waals surface area contributed by atoms with Crippen LogP contribution < -0.4 is 5.32 Å². The minimum atomic E-state index is 0.404. The summed E-state index contributed by atoms with van der Waals surface area (Å²) in [5.41, 5.74) is 0.404. The maximum atomic E-state index is 5.36. The van der Waals surface area contributed by atoms with Crippen molar-refractivity contribution >= 4 is 16.9 Å². The first-order valence-corrected chi connectivity index (χ1v) is 7.46. The maximum absolute atomic E-state index is 5.36. The van der Waals surface area contributed by atoms with Crippen molar-refractivity contribution in [3.8, 4) is 0 Å². The van der Waals surface area contributed by atoms with Crippen LogP contribution in [0.5, 0.6) is 0 Å². The number of amidine groups is 1. The standard InChI is InChI=1S/C13H24N2OS/c1-13(2,3)8-11-9-14-12(17-11)15-10-4-6-16-7-5-10/h10-11H,4-9H2,1-3H3,(H,14,15). The van der Waals surface area contributed by atoms with Gasteiger partial charge >= 0.3 is 0 Å². The van der Waals surface area contributed by atoms with Gasteiger partial charge in [0.25, 0.3) is 0 Å². The molecule has 3 nitrogen and oxygen atoms in total. The summed E-state index contributed by atoms with van der Waals surface area (Å²) in [4.78, 5) is 4.62. The molecule has 0 spiro atoms. The van der Waals surface area contributed by atoms with Gasteiger partial charge in [-0.2, -0.15) is 0 Å². The van der Waals surface area contributed by atoms with Gasteiger partial charge in [0, 0.05) is 24.5 Å². The van der Waals surface area contributed by atoms with Gasteiger partial charge in [-0.1, -0.05) is 32.5 Å². The van der Waals surface area contributed by atoms with Crippen LogP contribution in [-0.2, 0) is 4.74 Å². The average molecular weight is 256 g/mol. The molecule has 1 N–H and O–H groups in total. The summed E-state index contributed by atoms with van der Waals surface area (Å²) in [5.74, 6) is 0. The second-order valence-electron chi connectivity index (χ2n) is 6.18. The molecule has 0 aliphatic carbocycles. The summed E-state index contributed by atoms with van der Waals surface area (Å²) in [6, 6.07) is 0.573. The Morgan fingerprint density at radius 1 is 1.35 bits per heavy atom. The molecule has 1 atom stereocenters. The zero-order valence-corrected chi connectivity index (χ0v) is 12.0. The van der Waals surface area contributed by atoms with Crippen molar-refractivity contribution in [2.45, 2.75) is 51.3 Å². The molecule has 2 rings (SSSR count). The fourth-order valence-electron chi connectivity index (χ4n) is 2.30. The molecule has 0 bridgehead atoms. The normalized spacial score (nSPS) is 27.0. The molecule has 0 aromatic carbocycles. The lowest BCUT2D eigenvalue weighted by Crippen LogP contribution is -2.37. The van der Waals surface area contributed by atoms with Crippen LogP contribution in [0.15, 0.2) is 4.99 Å². The van der Waals surface area contributed by atoms with Crippen molar-refractivity contribution in [3.05, 3.63) is 0 Å². The number of ether oxygens (including phenoxy) is 1. The first-order chi connectivity index (χ1) is 8.03. The second kappa shape index (κ2) is 5.61. The van der Waals surface area contributed by atoms with Crippen molar-refractivity contribution in [1.82, 2.24) is 5.32 Å². The number of rotatable bonds is 2. The van der Waals surface area contributed by atoms with Crippen LogP contribution in [0.25, 0.3) is 0 Å². The van der Waals surface area contributed by atoms with E-state index >= 15 is 0 Å². The topological polar surface area (TPSA) is 33.6 Å². The van der Waals surface area contributed by atoms with Gasteiger partial charge in [0.2, 0.25) is 0 Å². The molecule has 4 heteroatoms. The summed E-state index contributed by atoms with van der Waals surface area (Å²) in [6.45, 7) is 9.67. The Balaban J connectivity index is 1.73. The third-order valence-electron chi connectivity index (χ3n) is 3.11. The van der Waals surface area contributed by atoms with Crippen molar-refractivity contribution in [2.75, 3.05) is 19.8 Å². The van der Waals surface area contributed by atoms with Crippen LogP contribution in [0.1, 0.15) is 40.0 Å². The maximum Gasteiger partial charge on any atom is 0.157 e. The van der Waals surface area contributed by atoms with Crippen LogP contribution in [-0.4, -0.2) is 36.2 Å². The molecule has 1 unspecified atom stereocenters. The summed E-state index contributed by atoms with van der Waals surface area (Å²) < 4.78 is 5.36. The van der Waals surface area contributed by atoms with Crippen LogP contribution in [0, 0.1) is 5.41 Å². The number of nitrogens with zero attached hydrogens (tertiary/aromatic N) is 1. The van der Waals surface area contributed by atoms with E-state index in [0.29, 0.717) is 16.7 Å². The minimum absolute atomic E-state index is 0.404. The highest BCUT2D eigenvalue weighted by molar-refractivity contribution is 8.14. The van der Waals surface area contributed by atoms with Gasteiger partial charge in [-0.25, -0.2) is 0 Å². The fraction of sp³-hybridized carbons (Fsp3) is 0.923. The highest BCUT2D eigenvalue weighted by atomic mass is 32.2. The van der Waals surface area contributed by atoms with Crippen LogP contribution in [0.4, 0.5) is 0 Å². The largest absolute Gasteiger partial charge is 0.381 e. The number of nitrogens with one attached hydrogen (secondary N) is 1. The molecule has 1 saturated heterocycles. The zero-order chi connectivity index (χ0) is 12.3. The second-order valence-corrected chi connectivity index (χ2v) is 7.47. The van der Waals surface area contributed by atoms with Gasteiger partial charge in [0.1, 0.15) is 0 Å². The highest BCUT2D eigenvalue weighted by Gasteiger charge is 2.26. The molecule has 2 aliphatic rings. The van der Waals surface area contributed by atoms with E-state index in [1.807, 2.05) is 11.8 Å². The van der Waals surface area contributed by atoms with Crippen LogP contribution in [0.2, 0.25) is 0 Å². The molecule has 2 aliphatic heterocycles. The third kappa shape index (κ3) is 4.51. The van der Waals surface area contributed by atoms with Gasteiger partial charge < -0.3 is 10.1 Å². The molecular formula is C13H24N2OS. The molecule has 1 fully saturated rings. The van der Waals surface area contributed by atoms with E-state index in [9.17, 15) is 0 Å². The summed E-state index contributed by atoms with van der Waals surface area (Å²) >= 11 is 1.93. The van der Waals surface area contributed by atoms with Gasteiger partial charge in [-0.3, -0.25) is 4.99 Å². The third-order valence-corrected chi connectivity index (χ3v) is 4.23. The smallest absolute Gasteiger partial charge is 0.157 e. The predicted molar refractivity (Wildman–Crippen MR) is 74.7 cm³/mol. The molecule has 98 valence electrons. The Labute approximate surface area is 109 Å². The zero-order valence-electron chi connectivity index (χ0n) is 11.2. The average Bonchev–Trinajstić information content (AvgIpc) is 2.64. The lowest BCUT2D eigenvalue weighted by atomic mass is 9.90. The number of thioether (sulfide) groups is 1. The van der Waals surface area contributed by atoms with E-state index in [1.165, 1.54) is 6.42 Å². The van der Waals surface area contributed by atoms with Crippen molar-refractivity contribution in [2.24, 2.45) is 10.4 Å². The first-order valence-electron chi connectivity index (χ1n) is 6.58. The lowest BCUT2D eigenvalue weighted by Gasteiger charge is -2.24. The van der Waals surface area contributed by atoms with Gasteiger partial charge in [-0.15, -0.1) is 0 Å². The van der Waals surface area contributed by atoms with Crippen molar-refractivity contribution in [3.63, 3.8) is 0 Å². The summed E-state index contributed by atoms with van der Waals surface area (Å²) in [7, 11) is 0. The molecule has 0 aromatic rings. The summed E-state index contributed by atoms with van der Waals surface area (Å²) in [6.07, 6.45) is 3.47. The number of hydrogen-bond acceptors (Lipinski definition) is 4. The molecule has 0 radical (unpaired) electrons. The van der Waals surface area contributed by atoms with Crippen LogP contribution in [0.3, 0.4) is 0 Å². The Hall–Kier alpha value is -0.220. The predicted octanol–water partition coefficient (Wildman–Crippen LogP) is 2.66. The Kier molecular flexibility index (Phi) is 4.36. The first kappa shape index (κ1) is 13.2. The van der Waals surface area contributed by atoms with E-state index in [0.717, 1.165) is 37.8 Å². The molecular weight excluding hydrogens is 232 g/mol. The molecule has 2 heterocycles. The Morgan fingerprint density at radius 3 is 2.71 bits per heavy atom. The minimum Gasteiger partial charge on any atom is -0.381 e. The van der Waals surface area contributed by atoms with Crippen LogP contribution >= 0.6 is 11.8 Å². The van der Waals surface area contributed by atoms with Gasteiger partial charge in [-0.05, 0) is 24.7 Å². The van der Waals surface area contributed by atoms with Crippen molar-refractivity contribution in [1.29, 1.82) is 0 Å². The van der Waals surface area contributed by atoms with Gasteiger partial charge in [0.05, 0.1) is 6.54 Å². The Morgan fingerprint density at radius 2 is 2.06 bits per heavy atom. The number of hydrogen-bond donors (Lipinski definition) is 1.